The highest BCUT2D eigenvalue weighted by molar-refractivity contribution is 7.93. The van der Waals surface area contributed by atoms with Gasteiger partial charge in [0.2, 0.25) is 0 Å². The predicted octanol–water partition coefficient (Wildman–Crippen LogP) is 4.05. The molecule has 2 amide bonds. The Labute approximate surface area is 163 Å². The highest BCUT2D eigenvalue weighted by atomic mass is 32.2. The minimum Gasteiger partial charge on any atom is -0.332 e. The second-order valence-electron chi connectivity index (χ2n) is 7.29. The molecule has 5 nitrogen and oxygen atoms in total. The summed E-state index contributed by atoms with van der Waals surface area (Å²) in [5.74, 6) is -1.49. The fraction of sp³-hybridized carbons (Fsp3) is 0.526. The number of carbonyl (C=O) groups is 1. The van der Waals surface area contributed by atoms with Gasteiger partial charge in [0.1, 0.15) is 0 Å². The van der Waals surface area contributed by atoms with E-state index in [4.69, 9.17) is 0 Å². The van der Waals surface area contributed by atoms with E-state index in [1.54, 1.807) is 44.2 Å². The van der Waals surface area contributed by atoms with Crippen LogP contribution in [0.2, 0.25) is 0 Å². The van der Waals surface area contributed by atoms with Crippen LogP contribution in [0.3, 0.4) is 0 Å². The second-order valence-corrected chi connectivity index (χ2v) is 9.22. The van der Waals surface area contributed by atoms with Gasteiger partial charge < -0.3 is 10.2 Å². The van der Waals surface area contributed by atoms with Crippen LogP contribution in [0.25, 0.3) is 0 Å². The summed E-state index contributed by atoms with van der Waals surface area (Å²) >= 11 is 0. The Hall–Kier alpha value is -2.03. The molecule has 1 fully saturated rings. The number of rotatable bonds is 4. The second kappa shape index (κ2) is 8.55. The van der Waals surface area contributed by atoms with E-state index in [0.29, 0.717) is 5.56 Å². The highest BCUT2D eigenvalue weighted by Crippen LogP contribution is 2.44. The van der Waals surface area contributed by atoms with Gasteiger partial charge in [-0.2, -0.15) is 13.2 Å². The Morgan fingerprint density at radius 1 is 1.25 bits per heavy atom. The zero-order valence-electron chi connectivity index (χ0n) is 16.0. The SMILES string of the molecule is CC(/C=C/S(C)(=O)=O)NC(=O)N1[C@H](C)C[C@H](C(F)(F)F)C[C@@H]1c1ccccc1. The van der Waals surface area contributed by atoms with Crippen LogP contribution in [0, 0.1) is 5.92 Å². The average Bonchev–Trinajstić information content (AvgIpc) is 2.58. The number of nitrogens with one attached hydrogen (secondary N) is 1. The van der Waals surface area contributed by atoms with Crippen LogP contribution in [0.4, 0.5) is 18.0 Å². The first kappa shape index (κ1) is 22.3. The maximum absolute atomic E-state index is 13.4. The maximum atomic E-state index is 13.4. The van der Waals surface area contributed by atoms with Crippen LogP contribution < -0.4 is 5.32 Å². The molecule has 0 radical (unpaired) electrons. The fourth-order valence-electron chi connectivity index (χ4n) is 3.47. The first-order chi connectivity index (χ1) is 12.9. The summed E-state index contributed by atoms with van der Waals surface area (Å²) in [6.07, 6.45) is -2.34. The summed E-state index contributed by atoms with van der Waals surface area (Å²) < 4.78 is 62.6. The summed E-state index contributed by atoms with van der Waals surface area (Å²) in [5.41, 5.74) is 0.637. The number of piperidine rings is 1. The molecular formula is C19H25F3N2O3S. The van der Waals surface area contributed by atoms with Gasteiger partial charge in [-0.15, -0.1) is 0 Å². The zero-order valence-corrected chi connectivity index (χ0v) is 16.8. The van der Waals surface area contributed by atoms with Gasteiger partial charge in [-0.05, 0) is 32.3 Å². The van der Waals surface area contributed by atoms with Gasteiger partial charge in [0, 0.05) is 23.7 Å². The van der Waals surface area contributed by atoms with Crippen LogP contribution in [-0.2, 0) is 9.84 Å². The lowest BCUT2D eigenvalue weighted by atomic mass is 9.83. The van der Waals surface area contributed by atoms with Crippen LogP contribution >= 0.6 is 0 Å². The van der Waals surface area contributed by atoms with Crippen LogP contribution in [0.15, 0.2) is 41.8 Å². The minimum atomic E-state index is -4.32. The van der Waals surface area contributed by atoms with E-state index in [-0.39, 0.29) is 12.8 Å². The molecule has 1 aromatic carbocycles. The Morgan fingerprint density at radius 3 is 2.39 bits per heavy atom. The number of sulfone groups is 1. The summed E-state index contributed by atoms with van der Waals surface area (Å²) in [4.78, 5) is 14.3. The largest absolute Gasteiger partial charge is 0.391 e. The van der Waals surface area contributed by atoms with Gasteiger partial charge in [-0.1, -0.05) is 36.4 Å². The average molecular weight is 418 g/mol. The quantitative estimate of drug-likeness (QED) is 0.802. The van der Waals surface area contributed by atoms with Crippen molar-refractivity contribution in [1.29, 1.82) is 0 Å². The van der Waals surface area contributed by atoms with Crippen molar-refractivity contribution < 1.29 is 26.4 Å². The molecule has 0 aliphatic carbocycles. The van der Waals surface area contributed by atoms with E-state index in [1.165, 1.54) is 11.0 Å². The smallest absolute Gasteiger partial charge is 0.332 e. The number of amides is 2. The Morgan fingerprint density at radius 2 is 1.86 bits per heavy atom. The van der Waals surface area contributed by atoms with Gasteiger partial charge in [-0.3, -0.25) is 0 Å². The highest BCUT2D eigenvalue weighted by Gasteiger charge is 2.48. The van der Waals surface area contributed by atoms with E-state index in [1.807, 2.05) is 0 Å². The Bertz CT molecular complexity index is 809. The molecule has 1 saturated heterocycles. The van der Waals surface area contributed by atoms with E-state index in [0.717, 1.165) is 11.7 Å². The van der Waals surface area contributed by atoms with Crippen LogP contribution in [0.5, 0.6) is 0 Å². The van der Waals surface area contributed by atoms with Crippen molar-refractivity contribution >= 4 is 15.9 Å². The summed E-state index contributed by atoms with van der Waals surface area (Å²) in [6.45, 7) is 3.20. The molecule has 4 atom stereocenters. The first-order valence-corrected chi connectivity index (χ1v) is 10.9. The van der Waals surface area contributed by atoms with E-state index < -0.39 is 46.1 Å². The number of alkyl halides is 3. The Balaban J connectivity index is 2.26. The molecule has 0 spiro atoms. The lowest BCUT2D eigenvalue weighted by molar-refractivity contribution is -0.192. The van der Waals surface area contributed by atoms with E-state index in [2.05, 4.69) is 5.32 Å². The zero-order chi connectivity index (χ0) is 21.1. The lowest BCUT2D eigenvalue weighted by Crippen LogP contribution is -2.53. The standard InChI is InChI=1S/C19H25F3N2O3S/c1-13(9-10-28(3,26)27)23-18(25)24-14(2)11-16(19(20,21)22)12-17(24)15-7-5-4-6-8-15/h4-10,13-14,16-17H,11-12H2,1-3H3,(H,23,25)/b10-9+/t13?,14-,16+,17-/m1/s1. The molecule has 1 N–H and O–H groups in total. The number of likely N-dealkylation sites (tertiary alicyclic amines) is 1. The molecular weight excluding hydrogens is 393 g/mol. The Kier molecular flexibility index (Phi) is 6.80. The van der Waals surface area contributed by atoms with Gasteiger partial charge in [-0.25, -0.2) is 13.2 Å². The molecule has 28 heavy (non-hydrogen) atoms. The topological polar surface area (TPSA) is 66.5 Å². The number of urea groups is 1. The van der Waals surface area contributed by atoms with Crippen molar-refractivity contribution in [2.24, 2.45) is 5.92 Å². The molecule has 2 rings (SSSR count). The van der Waals surface area contributed by atoms with Gasteiger partial charge in [0.05, 0.1) is 12.0 Å². The number of carbonyl (C=O) groups excluding carboxylic acids is 1. The fourth-order valence-corrected chi connectivity index (χ4v) is 3.99. The van der Waals surface area contributed by atoms with Gasteiger partial charge >= 0.3 is 12.2 Å². The van der Waals surface area contributed by atoms with Crippen molar-refractivity contribution in [3.05, 3.63) is 47.4 Å². The van der Waals surface area contributed by atoms with Gasteiger partial charge in [0.25, 0.3) is 0 Å². The first-order valence-electron chi connectivity index (χ1n) is 8.97. The van der Waals surface area contributed by atoms with E-state index >= 15 is 0 Å². The van der Waals surface area contributed by atoms with Crippen molar-refractivity contribution in [2.75, 3.05) is 6.26 Å². The molecule has 1 aliphatic rings. The number of benzene rings is 1. The molecule has 9 heteroatoms. The lowest BCUT2D eigenvalue weighted by Gasteiger charge is -2.44. The molecule has 1 heterocycles. The van der Waals surface area contributed by atoms with Crippen molar-refractivity contribution in [2.45, 2.75) is 51.0 Å². The van der Waals surface area contributed by atoms with Crippen LogP contribution in [0.1, 0.15) is 38.3 Å². The number of halogens is 3. The minimum absolute atomic E-state index is 0.173. The summed E-state index contributed by atoms with van der Waals surface area (Å²) in [7, 11) is -3.34. The monoisotopic (exact) mass is 418 g/mol. The third-order valence-corrected chi connectivity index (χ3v) is 5.44. The number of hydrogen-bond acceptors (Lipinski definition) is 3. The number of nitrogens with zero attached hydrogens (tertiary/aromatic N) is 1. The van der Waals surface area contributed by atoms with Crippen molar-refractivity contribution in [3.8, 4) is 0 Å². The normalized spacial score (nSPS) is 24.9. The third-order valence-electron chi connectivity index (χ3n) is 4.79. The van der Waals surface area contributed by atoms with Crippen molar-refractivity contribution in [3.63, 3.8) is 0 Å². The predicted molar refractivity (Wildman–Crippen MR) is 101 cm³/mol. The summed E-state index contributed by atoms with van der Waals surface area (Å²) in [5, 5.41) is 3.65. The molecule has 1 aliphatic heterocycles. The molecule has 0 bridgehead atoms. The molecule has 0 aromatic heterocycles. The van der Waals surface area contributed by atoms with E-state index in [9.17, 15) is 26.4 Å². The molecule has 0 saturated carbocycles. The molecule has 1 aromatic rings. The van der Waals surface area contributed by atoms with Crippen LogP contribution in [-0.4, -0.2) is 43.9 Å². The van der Waals surface area contributed by atoms with Crippen molar-refractivity contribution in [1.82, 2.24) is 10.2 Å². The number of hydrogen-bond donors (Lipinski definition) is 1. The maximum Gasteiger partial charge on any atom is 0.391 e. The molecule has 156 valence electrons. The van der Waals surface area contributed by atoms with Gasteiger partial charge in [0.15, 0.2) is 9.84 Å². The third kappa shape index (κ3) is 5.98. The summed E-state index contributed by atoms with van der Waals surface area (Å²) in [6, 6.07) is 6.18. The molecule has 1 unspecified atom stereocenters.